The van der Waals surface area contributed by atoms with Gasteiger partial charge in [-0.05, 0) is 13.0 Å². The van der Waals surface area contributed by atoms with Gasteiger partial charge in [0, 0.05) is 17.3 Å². The number of hydrogen-bond donors (Lipinski definition) is 2. The number of nitrogens with zero attached hydrogens (tertiary/aromatic N) is 1. The highest BCUT2D eigenvalue weighted by molar-refractivity contribution is 7.81. The molecule has 0 spiro atoms. The van der Waals surface area contributed by atoms with Gasteiger partial charge in [0.2, 0.25) is 5.91 Å². The summed E-state index contributed by atoms with van der Waals surface area (Å²) in [5, 5.41) is 13.1. The number of carbonyl (C=O) groups excluding carboxylic acids is 1. The van der Waals surface area contributed by atoms with E-state index in [9.17, 15) is 14.9 Å². The molecule has 0 aliphatic rings. The Morgan fingerprint density at radius 3 is 2.80 bits per heavy atom. The van der Waals surface area contributed by atoms with Gasteiger partial charge >= 0.3 is 0 Å². The lowest BCUT2D eigenvalue weighted by Gasteiger charge is -2.04. The van der Waals surface area contributed by atoms with Gasteiger partial charge in [0.05, 0.1) is 10.7 Å². The quantitative estimate of drug-likeness (QED) is 0.468. The Morgan fingerprint density at radius 1 is 1.60 bits per heavy atom. The molecule has 1 rings (SSSR count). The van der Waals surface area contributed by atoms with Crippen LogP contribution >= 0.6 is 12.6 Å². The zero-order valence-electron chi connectivity index (χ0n) is 8.06. The molecule has 0 fully saturated rings. The summed E-state index contributed by atoms with van der Waals surface area (Å²) < 4.78 is 0. The smallest absolute Gasteiger partial charge is 0.274 e. The number of rotatable bonds is 3. The second-order valence-electron chi connectivity index (χ2n) is 2.96. The molecule has 1 amide bonds. The van der Waals surface area contributed by atoms with Gasteiger partial charge in [-0.25, -0.2) is 0 Å². The van der Waals surface area contributed by atoms with Crippen molar-refractivity contribution in [2.75, 3.05) is 11.1 Å². The van der Waals surface area contributed by atoms with Crippen LogP contribution in [-0.4, -0.2) is 16.6 Å². The molecule has 1 aromatic rings. The molecule has 0 heterocycles. The number of hydrogen-bond acceptors (Lipinski definition) is 4. The fourth-order valence-electron chi connectivity index (χ4n) is 1.08. The fraction of sp³-hybridized carbons (Fsp3) is 0.222. The normalized spacial score (nSPS) is 9.73. The van der Waals surface area contributed by atoms with Crippen molar-refractivity contribution in [3.05, 3.63) is 33.9 Å². The summed E-state index contributed by atoms with van der Waals surface area (Å²) in [6.07, 6.45) is 0. The van der Waals surface area contributed by atoms with Crippen molar-refractivity contribution in [1.29, 1.82) is 0 Å². The van der Waals surface area contributed by atoms with Crippen LogP contribution < -0.4 is 5.32 Å². The average molecular weight is 226 g/mol. The highest BCUT2D eigenvalue weighted by atomic mass is 32.1. The van der Waals surface area contributed by atoms with E-state index in [1.54, 1.807) is 19.1 Å². The minimum atomic E-state index is -0.480. The average Bonchev–Trinajstić information content (AvgIpc) is 2.20. The van der Waals surface area contributed by atoms with Crippen LogP contribution in [0.25, 0.3) is 0 Å². The van der Waals surface area contributed by atoms with Crippen LogP contribution in [0.15, 0.2) is 18.2 Å². The molecule has 80 valence electrons. The first-order valence-corrected chi connectivity index (χ1v) is 4.83. The summed E-state index contributed by atoms with van der Waals surface area (Å²) in [5.41, 5.74) is 0.960. The maximum Gasteiger partial charge on any atom is 0.274 e. The molecule has 0 aromatic heterocycles. The number of benzene rings is 1. The Labute approximate surface area is 92.0 Å². The van der Waals surface area contributed by atoms with Crippen LogP contribution in [0.5, 0.6) is 0 Å². The van der Waals surface area contributed by atoms with E-state index in [1.807, 2.05) is 0 Å². The number of aryl methyl sites for hydroxylation is 1. The van der Waals surface area contributed by atoms with Crippen LogP contribution in [-0.2, 0) is 4.79 Å². The molecule has 0 radical (unpaired) electrons. The number of nitro groups is 1. The third-order valence-electron chi connectivity index (χ3n) is 1.83. The van der Waals surface area contributed by atoms with E-state index in [2.05, 4.69) is 17.9 Å². The summed E-state index contributed by atoms with van der Waals surface area (Å²) in [4.78, 5) is 21.1. The van der Waals surface area contributed by atoms with Crippen molar-refractivity contribution >= 4 is 29.9 Å². The first-order valence-electron chi connectivity index (χ1n) is 4.20. The van der Waals surface area contributed by atoms with E-state index >= 15 is 0 Å². The van der Waals surface area contributed by atoms with Crippen LogP contribution in [0.3, 0.4) is 0 Å². The van der Waals surface area contributed by atoms with Crippen molar-refractivity contribution in [2.24, 2.45) is 0 Å². The van der Waals surface area contributed by atoms with Crippen molar-refractivity contribution in [3.8, 4) is 0 Å². The van der Waals surface area contributed by atoms with Crippen LogP contribution in [0.4, 0.5) is 11.4 Å². The molecule has 0 aliphatic heterocycles. The molecular formula is C9H10N2O3S. The molecule has 0 bridgehead atoms. The van der Waals surface area contributed by atoms with Crippen molar-refractivity contribution in [3.63, 3.8) is 0 Å². The summed E-state index contributed by atoms with van der Waals surface area (Å²) in [5.74, 6) is -0.252. The fourth-order valence-corrected chi connectivity index (χ4v) is 1.16. The predicted octanol–water partition coefficient (Wildman–Crippen LogP) is 1.77. The van der Waals surface area contributed by atoms with E-state index in [0.29, 0.717) is 11.3 Å². The minimum absolute atomic E-state index is 0.00744. The lowest BCUT2D eigenvalue weighted by molar-refractivity contribution is -0.385. The van der Waals surface area contributed by atoms with Gasteiger partial charge in [0.15, 0.2) is 0 Å². The molecule has 6 heteroatoms. The Hall–Kier alpha value is -1.56. The Morgan fingerprint density at radius 2 is 2.27 bits per heavy atom. The predicted molar refractivity (Wildman–Crippen MR) is 60.3 cm³/mol. The van der Waals surface area contributed by atoms with E-state index in [-0.39, 0.29) is 17.3 Å². The SMILES string of the molecule is Cc1ccc(NC(=O)CS)cc1[N+](=O)[O-]. The third kappa shape index (κ3) is 2.95. The first-order chi connectivity index (χ1) is 7.04. The second-order valence-corrected chi connectivity index (χ2v) is 3.28. The van der Waals surface area contributed by atoms with Gasteiger partial charge in [0.25, 0.3) is 5.69 Å². The van der Waals surface area contributed by atoms with Crippen LogP contribution in [0.1, 0.15) is 5.56 Å². The zero-order valence-corrected chi connectivity index (χ0v) is 8.95. The maximum atomic E-state index is 11.0. The number of nitro benzene ring substituents is 1. The Bertz CT molecular complexity index is 406. The van der Waals surface area contributed by atoms with E-state index in [4.69, 9.17) is 0 Å². The molecule has 0 saturated carbocycles. The summed E-state index contributed by atoms with van der Waals surface area (Å²) in [6, 6.07) is 4.53. The van der Waals surface area contributed by atoms with Crippen LogP contribution in [0.2, 0.25) is 0 Å². The summed E-state index contributed by atoms with van der Waals surface area (Å²) in [7, 11) is 0. The molecule has 1 aromatic carbocycles. The zero-order chi connectivity index (χ0) is 11.4. The van der Waals surface area contributed by atoms with Crippen molar-refractivity contribution in [2.45, 2.75) is 6.92 Å². The standard InChI is InChI=1S/C9H10N2O3S/c1-6-2-3-7(10-9(12)5-15)4-8(6)11(13)14/h2-4,15H,5H2,1H3,(H,10,12). The summed E-state index contributed by atoms with van der Waals surface area (Å²) in [6.45, 7) is 1.64. The van der Waals surface area contributed by atoms with E-state index in [1.165, 1.54) is 6.07 Å². The maximum absolute atomic E-state index is 11.0. The van der Waals surface area contributed by atoms with E-state index < -0.39 is 4.92 Å². The van der Waals surface area contributed by atoms with Crippen LogP contribution in [0, 0.1) is 17.0 Å². The number of thiol groups is 1. The molecular weight excluding hydrogens is 216 g/mol. The van der Waals surface area contributed by atoms with Gasteiger partial charge in [-0.15, -0.1) is 0 Å². The largest absolute Gasteiger partial charge is 0.325 e. The molecule has 0 unspecified atom stereocenters. The van der Waals surface area contributed by atoms with Gasteiger partial charge in [-0.1, -0.05) is 6.07 Å². The first kappa shape index (κ1) is 11.5. The lowest BCUT2D eigenvalue weighted by Crippen LogP contribution is -2.12. The molecule has 0 saturated heterocycles. The van der Waals surface area contributed by atoms with Crippen molar-refractivity contribution in [1.82, 2.24) is 0 Å². The minimum Gasteiger partial charge on any atom is -0.325 e. The second kappa shape index (κ2) is 4.79. The van der Waals surface area contributed by atoms with Gasteiger partial charge < -0.3 is 5.32 Å². The Kier molecular flexibility index (Phi) is 3.68. The molecule has 0 aliphatic carbocycles. The lowest BCUT2D eigenvalue weighted by atomic mass is 10.2. The number of anilines is 1. The summed E-state index contributed by atoms with van der Waals surface area (Å²) >= 11 is 3.79. The van der Waals surface area contributed by atoms with Gasteiger partial charge in [-0.3, -0.25) is 14.9 Å². The topological polar surface area (TPSA) is 72.2 Å². The molecule has 0 atom stereocenters. The monoisotopic (exact) mass is 226 g/mol. The number of carbonyl (C=O) groups is 1. The third-order valence-corrected chi connectivity index (χ3v) is 2.12. The molecule has 1 N–H and O–H groups in total. The molecule has 5 nitrogen and oxygen atoms in total. The van der Waals surface area contributed by atoms with Crippen molar-refractivity contribution < 1.29 is 9.72 Å². The van der Waals surface area contributed by atoms with Gasteiger partial charge in [-0.2, -0.15) is 12.6 Å². The van der Waals surface area contributed by atoms with Gasteiger partial charge in [0.1, 0.15) is 0 Å². The van der Waals surface area contributed by atoms with E-state index in [0.717, 1.165) is 0 Å². The highest BCUT2D eigenvalue weighted by Crippen LogP contribution is 2.22. The number of amides is 1. The number of nitrogens with one attached hydrogen (secondary N) is 1. The highest BCUT2D eigenvalue weighted by Gasteiger charge is 2.11. The molecule has 15 heavy (non-hydrogen) atoms. The Balaban J connectivity index is 2.97.